The van der Waals surface area contributed by atoms with Crippen LogP contribution < -0.4 is 5.32 Å². The van der Waals surface area contributed by atoms with Crippen molar-refractivity contribution in [3.8, 4) is 0 Å². The van der Waals surface area contributed by atoms with Crippen LogP contribution in [0.1, 0.15) is 29.0 Å². The van der Waals surface area contributed by atoms with Crippen molar-refractivity contribution in [3.63, 3.8) is 0 Å². The fourth-order valence-electron chi connectivity index (χ4n) is 3.80. The minimum Gasteiger partial charge on any atom is -0.465 e. The van der Waals surface area contributed by atoms with Crippen molar-refractivity contribution in [3.05, 3.63) is 59.9 Å². The average molecular weight is 420 g/mol. The molecule has 0 radical (unpaired) electrons. The fraction of sp³-hybridized carbons (Fsp3) is 0.304. The van der Waals surface area contributed by atoms with Crippen molar-refractivity contribution < 1.29 is 19.1 Å². The Morgan fingerprint density at radius 2 is 1.74 bits per heavy atom. The number of likely N-dealkylation sites (tertiary alicyclic amines) is 1. The summed E-state index contributed by atoms with van der Waals surface area (Å²) in [4.78, 5) is 43.4. The number of carbonyl (C=O) groups is 3. The number of fused-ring (bicyclic) bond motifs is 1. The highest BCUT2D eigenvalue weighted by atomic mass is 16.5. The van der Waals surface area contributed by atoms with Crippen molar-refractivity contribution >= 4 is 34.5 Å². The summed E-state index contributed by atoms with van der Waals surface area (Å²) in [6.07, 6.45) is 2.22. The third-order valence-corrected chi connectivity index (χ3v) is 5.39. The molecule has 1 aliphatic heterocycles. The van der Waals surface area contributed by atoms with E-state index in [-0.39, 0.29) is 24.8 Å². The number of aromatic nitrogens is 2. The van der Waals surface area contributed by atoms with Crippen LogP contribution in [-0.4, -0.2) is 52.4 Å². The highest BCUT2D eigenvalue weighted by Gasteiger charge is 2.22. The molecule has 4 rings (SSSR count). The Morgan fingerprint density at radius 3 is 2.45 bits per heavy atom. The summed E-state index contributed by atoms with van der Waals surface area (Å²) in [5.74, 6) is -0.0685. The normalized spacial score (nSPS) is 13.4. The average Bonchev–Trinajstić information content (AvgIpc) is 3.43. The second kappa shape index (κ2) is 8.99. The lowest BCUT2D eigenvalue weighted by atomic mass is 10.2. The van der Waals surface area contributed by atoms with E-state index in [2.05, 4.69) is 15.0 Å². The van der Waals surface area contributed by atoms with E-state index in [1.165, 1.54) is 7.11 Å². The van der Waals surface area contributed by atoms with Gasteiger partial charge in [-0.25, -0.2) is 9.78 Å². The smallest absolute Gasteiger partial charge is 0.337 e. The number of ether oxygens (including phenoxy) is 1. The van der Waals surface area contributed by atoms with Crippen LogP contribution in [0.4, 0.5) is 5.69 Å². The van der Waals surface area contributed by atoms with Gasteiger partial charge >= 0.3 is 5.97 Å². The molecule has 0 bridgehead atoms. The van der Waals surface area contributed by atoms with Gasteiger partial charge in [0.25, 0.3) is 0 Å². The number of hydrogen-bond acceptors (Lipinski definition) is 5. The maximum Gasteiger partial charge on any atom is 0.337 e. The first-order valence-corrected chi connectivity index (χ1v) is 10.3. The molecule has 1 aromatic heterocycles. The van der Waals surface area contributed by atoms with Crippen molar-refractivity contribution in [2.75, 3.05) is 25.5 Å². The van der Waals surface area contributed by atoms with E-state index < -0.39 is 5.97 Å². The van der Waals surface area contributed by atoms with Crippen molar-refractivity contribution in [1.29, 1.82) is 0 Å². The first kappa shape index (κ1) is 20.6. The van der Waals surface area contributed by atoms with Crippen LogP contribution in [-0.2, 0) is 27.3 Å². The van der Waals surface area contributed by atoms with E-state index >= 15 is 0 Å². The van der Waals surface area contributed by atoms with Gasteiger partial charge in [0.15, 0.2) is 0 Å². The Bertz CT molecular complexity index is 1110. The van der Waals surface area contributed by atoms with Crippen molar-refractivity contribution in [2.24, 2.45) is 0 Å². The number of carbonyl (C=O) groups excluding carboxylic acids is 3. The maximum atomic E-state index is 12.7. The highest BCUT2D eigenvalue weighted by Crippen LogP contribution is 2.19. The van der Waals surface area contributed by atoms with Gasteiger partial charge in [0, 0.05) is 18.8 Å². The van der Waals surface area contributed by atoms with Gasteiger partial charge in [0.1, 0.15) is 12.4 Å². The van der Waals surface area contributed by atoms with E-state index in [1.54, 1.807) is 28.8 Å². The zero-order chi connectivity index (χ0) is 21.8. The molecule has 0 saturated carbocycles. The van der Waals surface area contributed by atoms with Gasteiger partial charge in [-0.3, -0.25) is 9.59 Å². The molecular formula is C23H24N4O4. The molecule has 1 fully saturated rings. The Morgan fingerprint density at radius 1 is 1.03 bits per heavy atom. The maximum absolute atomic E-state index is 12.7. The van der Waals surface area contributed by atoms with Crippen LogP contribution in [0.25, 0.3) is 11.0 Å². The molecule has 0 spiro atoms. The van der Waals surface area contributed by atoms with E-state index in [4.69, 9.17) is 0 Å². The Labute approximate surface area is 179 Å². The van der Waals surface area contributed by atoms with Crippen molar-refractivity contribution in [2.45, 2.75) is 25.8 Å². The molecule has 1 N–H and O–H groups in total. The number of hydrogen-bond donors (Lipinski definition) is 1. The number of esters is 1. The van der Waals surface area contributed by atoms with Crippen molar-refractivity contribution in [1.82, 2.24) is 14.5 Å². The van der Waals surface area contributed by atoms with E-state index in [1.807, 2.05) is 29.2 Å². The molecule has 31 heavy (non-hydrogen) atoms. The Balaban J connectivity index is 1.52. The lowest BCUT2D eigenvalue weighted by Crippen LogP contribution is -2.30. The number of para-hydroxylation sites is 2. The van der Waals surface area contributed by atoms with Gasteiger partial charge in [0.05, 0.1) is 30.1 Å². The van der Waals surface area contributed by atoms with Crippen LogP contribution in [0.3, 0.4) is 0 Å². The van der Waals surface area contributed by atoms with Gasteiger partial charge in [-0.1, -0.05) is 12.1 Å². The number of imidazole rings is 1. The number of benzene rings is 2. The fourth-order valence-corrected chi connectivity index (χ4v) is 3.80. The summed E-state index contributed by atoms with van der Waals surface area (Å²) < 4.78 is 6.48. The number of anilines is 1. The first-order valence-electron chi connectivity index (χ1n) is 10.3. The molecule has 2 amide bonds. The summed E-state index contributed by atoms with van der Waals surface area (Å²) in [5, 5.41) is 2.83. The highest BCUT2D eigenvalue weighted by molar-refractivity contribution is 5.93. The Kier molecular flexibility index (Phi) is 5.97. The van der Waals surface area contributed by atoms with Gasteiger partial charge in [-0.05, 0) is 49.2 Å². The molecule has 1 aliphatic rings. The number of nitrogens with zero attached hydrogens (tertiary/aromatic N) is 3. The van der Waals surface area contributed by atoms with Gasteiger partial charge in [0.2, 0.25) is 11.8 Å². The minimum absolute atomic E-state index is 0.0296. The monoisotopic (exact) mass is 420 g/mol. The van der Waals surface area contributed by atoms with E-state index in [0.717, 1.165) is 37.0 Å². The molecule has 3 aromatic rings. The summed E-state index contributed by atoms with van der Waals surface area (Å²) in [6, 6.07) is 14.0. The largest absolute Gasteiger partial charge is 0.465 e. The van der Waals surface area contributed by atoms with Crippen LogP contribution in [0.5, 0.6) is 0 Å². The molecule has 0 unspecified atom stereocenters. The molecule has 2 heterocycles. The van der Waals surface area contributed by atoms with E-state index in [9.17, 15) is 14.4 Å². The summed E-state index contributed by atoms with van der Waals surface area (Å²) in [6.45, 7) is 1.59. The second-order valence-corrected chi connectivity index (χ2v) is 7.48. The zero-order valence-electron chi connectivity index (χ0n) is 17.3. The third-order valence-electron chi connectivity index (χ3n) is 5.39. The molecule has 160 valence electrons. The summed E-state index contributed by atoms with van der Waals surface area (Å²) in [7, 11) is 1.32. The summed E-state index contributed by atoms with van der Waals surface area (Å²) in [5.41, 5.74) is 2.53. The summed E-state index contributed by atoms with van der Waals surface area (Å²) >= 11 is 0. The molecule has 0 aliphatic carbocycles. The van der Waals surface area contributed by atoms with E-state index in [0.29, 0.717) is 17.1 Å². The van der Waals surface area contributed by atoms with Gasteiger partial charge < -0.3 is 19.5 Å². The molecular weight excluding hydrogens is 396 g/mol. The second-order valence-electron chi connectivity index (χ2n) is 7.48. The number of rotatable bonds is 6. The molecule has 8 heteroatoms. The number of methoxy groups -OCH3 is 1. The van der Waals surface area contributed by atoms with Crippen LogP contribution in [0.2, 0.25) is 0 Å². The topological polar surface area (TPSA) is 93.5 Å². The van der Waals surface area contributed by atoms with Crippen LogP contribution >= 0.6 is 0 Å². The number of amides is 2. The first-order chi connectivity index (χ1) is 15.0. The quantitative estimate of drug-likeness (QED) is 0.619. The van der Waals surface area contributed by atoms with Gasteiger partial charge in [-0.15, -0.1) is 0 Å². The SMILES string of the molecule is COC(=O)c1ccc(NC(=O)Cn2c(CC(=O)N3CCCC3)nc3ccccc32)cc1. The lowest BCUT2D eigenvalue weighted by Gasteiger charge is -2.16. The lowest BCUT2D eigenvalue weighted by molar-refractivity contribution is -0.129. The third kappa shape index (κ3) is 4.58. The molecule has 1 saturated heterocycles. The zero-order valence-corrected chi connectivity index (χ0v) is 17.3. The Hall–Kier alpha value is -3.68. The minimum atomic E-state index is -0.435. The van der Waals surface area contributed by atoms with Crippen LogP contribution in [0.15, 0.2) is 48.5 Å². The standard InChI is InChI=1S/C23H24N4O4/c1-31-23(30)16-8-10-17(11-9-16)24-21(28)15-27-19-7-3-2-6-18(19)25-20(27)14-22(29)26-12-4-5-13-26/h2-3,6-11H,4-5,12-15H2,1H3,(H,24,28). The molecule has 2 aromatic carbocycles. The predicted molar refractivity (Wildman–Crippen MR) is 116 cm³/mol. The predicted octanol–water partition coefficient (Wildman–Crippen LogP) is 2.63. The van der Waals surface area contributed by atoms with Gasteiger partial charge in [-0.2, -0.15) is 0 Å². The molecule has 8 nitrogen and oxygen atoms in total. The number of nitrogens with one attached hydrogen (secondary N) is 1. The molecule has 0 atom stereocenters. The van der Waals surface area contributed by atoms with Crippen LogP contribution in [0, 0.1) is 0 Å².